The van der Waals surface area contributed by atoms with Gasteiger partial charge in [-0.25, -0.2) is 9.37 Å². The number of hydrogen-bond acceptors (Lipinski definition) is 8. The number of nitrogens with zero attached hydrogens (tertiary/aromatic N) is 2. The normalized spacial score (nSPS) is 10.6. The molecule has 166 valence electrons. The SMILES string of the molecule is COc1ccc(-c2c(C#N)c(N)nc3sc(C(=O)Nc4ccc(F)cc4)c(N)c23)cc1OC. The Bertz CT molecular complexity index is 1430. The van der Waals surface area contributed by atoms with Crippen LogP contribution in [0.2, 0.25) is 0 Å². The van der Waals surface area contributed by atoms with Gasteiger partial charge in [0, 0.05) is 16.6 Å². The van der Waals surface area contributed by atoms with Crippen LogP contribution >= 0.6 is 11.3 Å². The highest BCUT2D eigenvalue weighted by atomic mass is 32.1. The number of amides is 1. The van der Waals surface area contributed by atoms with E-state index in [1.807, 2.05) is 0 Å². The third-order valence-corrected chi connectivity index (χ3v) is 6.10. The Morgan fingerprint density at radius 2 is 1.82 bits per heavy atom. The summed E-state index contributed by atoms with van der Waals surface area (Å²) in [6.07, 6.45) is 0. The monoisotopic (exact) mass is 463 g/mol. The number of ether oxygens (including phenoxy) is 2. The van der Waals surface area contributed by atoms with Gasteiger partial charge < -0.3 is 26.3 Å². The summed E-state index contributed by atoms with van der Waals surface area (Å²) < 4.78 is 23.9. The second-order valence-electron chi connectivity index (χ2n) is 6.91. The average molecular weight is 463 g/mol. The van der Waals surface area contributed by atoms with Crippen LogP contribution in [0, 0.1) is 17.1 Å². The zero-order valence-electron chi connectivity index (χ0n) is 17.6. The van der Waals surface area contributed by atoms with Gasteiger partial charge in [0.15, 0.2) is 11.5 Å². The number of fused-ring (bicyclic) bond motifs is 1. The highest BCUT2D eigenvalue weighted by Crippen LogP contribution is 2.44. The second-order valence-corrected chi connectivity index (χ2v) is 7.91. The summed E-state index contributed by atoms with van der Waals surface area (Å²) in [5, 5.41) is 12.9. The molecular formula is C23H18FN5O3S. The van der Waals surface area contributed by atoms with E-state index in [4.69, 9.17) is 20.9 Å². The Morgan fingerprint density at radius 1 is 1.12 bits per heavy atom. The minimum absolute atomic E-state index is 0.0153. The van der Waals surface area contributed by atoms with Crippen LogP contribution in [0.25, 0.3) is 21.3 Å². The number of pyridine rings is 1. The van der Waals surface area contributed by atoms with Crippen molar-refractivity contribution in [2.24, 2.45) is 0 Å². The maximum atomic E-state index is 13.2. The van der Waals surface area contributed by atoms with Crippen LogP contribution < -0.4 is 26.3 Å². The number of anilines is 3. The molecule has 0 aliphatic carbocycles. The molecule has 2 heterocycles. The molecule has 4 aromatic rings. The fraction of sp³-hybridized carbons (Fsp3) is 0.0870. The van der Waals surface area contributed by atoms with Crippen LogP contribution in [-0.4, -0.2) is 25.1 Å². The lowest BCUT2D eigenvalue weighted by atomic mass is 9.97. The summed E-state index contributed by atoms with van der Waals surface area (Å²) in [6.45, 7) is 0. The van der Waals surface area contributed by atoms with Crippen molar-refractivity contribution < 1.29 is 18.7 Å². The van der Waals surface area contributed by atoms with Crippen LogP contribution in [-0.2, 0) is 0 Å². The standard InChI is InChI=1S/C23H18FN5O3S/c1-31-15-8-3-11(9-16(15)32-2)17-14(10-25)21(27)29-23-18(17)19(26)20(33-23)22(30)28-13-6-4-12(24)5-7-13/h3-9H,26H2,1-2H3,(H2,27,29)(H,28,30). The number of nitrogen functional groups attached to an aromatic ring is 2. The van der Waals surface area contributed by atoms with Crippen molar-refractivity contribution >= 4 is 44.7 Å². The second kappa shape index (κ2) is 8.64. The molecule has 0 unspecified atom stereocenters. The van der Waals surface area contributed by atoms with E-state index in [1.165, 1.54) is 38.5 Å². The number of carbonyl (C=O) groups is 1. The van der Waals surface area contributed by atoms with Crippen molar-refractivity contribution in [3.8, 4) is 28.7 Å². The van der Waals surface area contributed by atoms with E-state index in [0.717, 1.165) is 11.3 Å². The topological polar surface area (TPSA) is 136 Å². The molecule has 0 bridgehead atoms. The highest BCUT2D eigenvalue weighted by molar-refractivity contribution is 7.21. The number of nitrogens with two attached hydrogens (primary N) is 2. The third kappa shape index (κ3) is 3.86. The first kappa shape index (κ1) is 21.9. The van der Waals surface area contributed by atoms with E-state index in [1.54, 1.807) is 18.2 Å². The fourth-order valence-electron chi connectivity index (χ4n) is 3.45. The van der Waals surface area contributed by atoms with Crippen molar-refractivity contribution in [2.75, 3.05) is 31.0 Å². The molecule has 1 amide bonds. The van der Waals surface area contributed by atoms with Crippen LogP contribution in [0.1, 0.15) is 15.2 Å². The zero-order chi connectivity index (χ0) is 23.7. The summed E-state index contributed by atoms with van der Waals surface area (Å²) in [5.74, 6) is 0.0674. The van der Waals surface area contributed by atoms with Gasteiger partial charge in [-0.05, 0) is 42.0 Å². The molecule has 0 aliphatic heterocycles. The van der Waals surface area contributed by atoms with Crippen molar-refractivity contribution in [1.82, 2.24) is 4.98 Å². The molecule has 5 N–H and O–H groups in total. The maximum absolute atomic E-state index is 13.2. The Kier molecular flexibility index (Phi) is 5.72. The van der Waals surface area contributed by atoms with Crippen molar-refractivity contribution in [3.63, 3.8) is 0 Å². The molecule has 0 aliphatic rings. The van der Waals surface area contributed by atoms with E-state index in [-0.39, 0.29) is 21.9 Å². The quantitative estimate of drug-likeness (QED) is 0.399. The van der Waals surface area contributed by atoms with Crippen molar-refractivity contribution in [3.05, 3.63) is 58.7 Å². The Balaban J connectivity index is 1.90. The Morgan fingerprint density at radius 3 is 2.45 bits per heavy atom. The minimum atomic E-state index is -0.488. The molecule has 0 atom stereocenters. The summed E-state index contributed by atoms with van der Waals surface area (Å²) in [6, 6.07) is 12.6. The molecule has 33 heavy (non-hydrogen) atoms. The number of benzene rings is 2. The molecular weight excluding hydrogens is 445 g/mol. The smallest absolute Gasteiger partial charge is 0.267 e. The molecule has 8 nitrogen and oxygen atoms in total. The molecule has 2 aromatic carbocycles. The van der Waals surface area contributed by atoms with Gasteiger partial charge in [0.1, 0.15) is 33.0 Å². The first-order chi connectivity index (χ1) is 15.9. The molecule has 0 saturated carbocycles. The van der Waals surface area contributed by atoms with Gasteiger partial charge in [-0.1, -0.05) is 6.07 Å². The largest absolute Gasteiger partial charge is 0.493 e. The Labute approximate surface area is 192 Å². The molecule has 4 rings (SSSR count). The lowest BCUT2D eigenvalue weighted by Crippen LogP contribution is -2.12. The van der Waals surface area contributed by atoms with Crippen LogP contribution in [0.5, 0.6) is 11.5 Å². The first-order valence-corrected chi connectivity index (χ1v) is 10.4. The van der Waals surface area contributed by atoms with Gasteiger partial charge in [-0.15, -0.1) is 11.3 Å². The fourth-order valence-corrected chi connectivity index (χ4v) is 4.46. The highest BCUT2D eigenvalue weighted by Gasteiger charge is 2.25. The molecule has 0 radical (unpaired) electrons. The number of nitriles is 1. The molecule has 0 fully saturated rings. The number of halogens is 1. The van der Waals surface area contributed by atoms with E-state index in [0.29, 0.717) is 38.5 Å². The first-order valence-electron chi connectivity index (χ1n) is 9.58. The number of hydrogen-bond donors (Lipinski definition) is 3. The van der Waals surface area contributed by atoms with Gasteiger partial charge in [0.25, 0.3) is 5.91 Å². The predicted molar refractivity (Wildman–Crippen MR) is 126 cm³/mol. The molecule has 2 aromatic heterocycles. The van der Waals surface area contributed by atoms with Crippen LogP contribution in [0.15, 0.2) is 42.5 Å². The van der Waals surface area contributed by atoms with Gasteiger partial charge in [0.05, 0.1) is 19.9 Å². The number of rotatable bonds is 5. The van der Waals surface area contributed by atoms with Gasteiger partial charge in [-0.2, -0.15) is 5.26 Å². The lowest BCUT2D eigenvalue weighted by molar-refractivity contribution is 0.103. The average Bonchev–Trinajstić information content (AvgIpc) is 3.14. The summed E-state index contributed by atoms with van der Waals surface area (Å²) in [7, 11) is 3.02. The summed E-state index contributed by atoms with van der Waals surface area (Å²) in [5.41, 5.74) is 14.2. The number of aromatic nitrogens is 1. The number of carbonyl (C=O) groups excluding carboxylic acids is 1. The van der Waals surface area contributed by atoms with Crippen LogP contribution in [0.4, 0.5) is 21.6 Å². The maximum Gasteiger partial charge on any atom is 0.267 e. The number of methoxy groups -OCH3 is 2. The van der Waals surface area contributed by atoms with E-state index in [9.17, 15) is 14.4 Å². The van der Waals surface area contributed by atoms with Gasteiger partial charge >= 0.3 is 0 Å². The van der Waals surface area contributed by atoms with Crippen molar-refractivity contribution in [2.45, 2.75) is 0 Å². The number of thiophene rings is 1. The Hall–Kier alpha value is -4.36. The van der Waals surface area contributed by atoms with Crippen molar-refractivity contribution in [1.29, 1.82) is 5.26 Å². The van der Waals surface area contributed by atoms with Crippen LogP contribution in [0.3, 0.4) is 0 Å². The molecule has 10 heteroatoms. The van der Waals surface area contributed by atoms with E-state index >= 15 is 0 Å². The lowest BCUT2D eigenvalue weighted by Gasteiger charge is -2.13. The van der Waals surface area contributed by atoms with E-state index < -0.39 is 11.7 Å². The molecule has 0 saturated heterocycles. The number of nitrogens with one attached hydrogen (secondary N) is 1. The summed E-state index contributed by atoms with van der Waals surface area (Å²) >= 11 is 1.05. The predicted octanol–water partition coefficient (Wildman–Crippen LogP) is 4.41. The van der Waals surface area contributed by atoms with E-state index in [2.05, 4.69) is 16.4 Å². The summed E-state index contributed by atoms with van der Waals surface area (Å²) in [4.78, 5) is 17.8. The third-order valence-electron chi connectivity index (χ3n) is 5.00. The van der Waals surface area contributed by atoms with Gasteiger partial charge in [0.2, 0.25) is 0 Å². The molecule has 0 spiro atoms. The van der Waals surface area contributed by atoms with Gasteiger partial charge in [-0.3, -0.25) is 4.79 Å². The zero-order valence-corrected chi connectivity index (χ0v) is 18.4. The minimum Gasteiger partial charge on any atom is -0.493 e.